The maximum absolute atomic E-state index is 11.3. The van der Waals surface area contributed by atoms with Gasteiger partial charge in [-0.25, -0.2) is 4.79 Å². The zero-order valence-electron chi connectivity index (χ0n) is 7.75. The molecule has 13 heavy (non-hydrogen) atoms. The van der Waals surface area contributed by atoms with Gasteiger partial charge in [-0.3, -0.25) is 9.69 Å². The number of carbonyl (C=O) groups is 2. The Hall–Kier alpha value is -1.10. The Kier molecular flexibility index (Phi) is 3.25. The third kappa shape index (κ3) is 1.98. The van der Waals surface area contributed by atoms with Gasteiger partial charge in [0, 0.05) is 6.04 Å². The molecule has 0 saturated carbocycles. The molecule has 74 valence electrons. The molecule has 0 aromatic rings. The van der Waals surface area contributed by atoms with Crippen LogP contribution in [0.2, 0.25) is 0 Å². The van der Waals surface area contributed by atoms with E-state index in [9.17, 15) is 9.59 Å². The van der Waals surface area contributed by atoms with Gasteiger partial charge in [0.05, 0.1) is 6.54 Å². The number of carbonyl (C=O) groups excluding carboxylic acids is 2. The van der Waals surface area contributed by atoms with Gasteiger partial charge in [-0.15, -0.1) is 0 Å². The molecule has 0 aromatic heterocycles. The minimum absolute atomic E-state index is 0.0417. The summed E-state index contributed by atoms with van der Waals surface area (Å²) in [6.45, 7) is 2.56. The molecule has 0 radical (unpaired) electrons. The van der Waals surface area contributed by atoms with Gasteiger partial charge in [-0.2, -0.15) is 0 Å². The van der Waals surface area contributed by atoms with Gasteiger partial charge in [0.1, 0.15) is 0 Å². The molecule has 3 amide bonds. The number of nitrogens with one attached hydrogen (secondary N) is 1. The zero-order chi connectivity index (χ0) is 9.84. The first kappa shape index (κ1) is 9.98. The van der Waals surface area contributed by atoms with Crippen LogP contribution in [-0.2, 0) is 4.79 Å². The van der Waals surface area contributed by atoms with E-state index in [-0.39, 0.29) is 24.5 Å². The highest BCUT2D eigenvalue weighted by Gasteiger charge is 2.33. The predicted molar refractivity (Wildman–Crippen MR) is 48.0 cm³/mol. The van der Waals surface area contributed by atoms with Crippen molar-refractivity contribution in [3.8, 4) is 0 Å². The molecule has 1 unspecified atom stereocenters. The van der Waals surface area contributed by atoms with Crippen LogP contribution >= 0.6 is 0 Å². The molecule has 1 atom stereocenters. The molecule has 0 aliphatic carbocycles. The van der Waals surface area contributed by atoms with Crippen molar-refractivity contribution in [3.63, 3.8) is 0 Å². The lowest BCUT2D eigenvalue weighted by Crippen LogP contribution is -2.41. The van der Waals surface area contributed by atoms with Gasteiger partial charge in [-0.1, -0.05) is 6.92 Å². The van der Waals surface area contributed by atoms with Crippen LogP contribution in [0, 0.1) is 0 Å². The number of nitrogens with two attached hydrogens (primary N) is 1. The van der Waals surface area contributed by atoms with Crippen molar-refractivity contribution >= 4 is 11.9 Å². The Bertz CT molecular complexity index is 201. The Labute approximate surface area is 77.3 Å². The number of rotatable bonds is 4. The summed E-state index contributed by atoms with van der Waals surface area (Å²) < 4.78 is 0. The average molecular weight is 185 g/mol. The van der Waals surface area contributed by atoms with Crippen LogP contribution in [0.1, 0.15) is 19.8 Å². The largest absolute Gasteiger partial charge is 0.330 e. The molecule has 1 rings (SSSR count). The van der Waals surface area contributed by atoms with Crippen LogP contribution < -0.4 is 11.1 Å². The molecule has 1 fully saturated rings. The number of imide groups is 1. The number of urea groups is 1. The summed E-state index contributed by atoms with van der Waals surface area (Å²) in [7, 11) is 0. The van der Waals surface area contributed by atoms with Crippen molar-refractivity contribution in [3.05, 3.63) is 0 Å². The normalized spacial score (nSPS) is 19.1. The molecular weight excluding hydrogens is 170 g/mol. The molecule has 1 aliphatic rings. The first-order chi connectivity index (χ1) is 6.20. The summed E-state index contributed by atoms with van der Waals surface area (Å²) in [5, 5.41) is 2.49. The molecule has 1 saturated heterocycles. The Morgan fingerprint density at radius 2 is 2.31 bits per heavy atom. The monoisotopic (exact) mass is 185 g/mol. The van der Waals surface area contributed by atoms with E-state index < -0.39 is 0 Å². The molecule has 1 aliphatic heterocycles. The number of amides is 3. The van der Waals surface area contributed by atoms with Crippen LogP contribution in [0.25, 0.3) is 0 Å². The Balaban J connectivity index is 2.65. The average Bonchev–Trinajstić information content (AvgIpc) is 2.43. The van der Waals surface area contributed by atoms with Crippen LogP contribution in [0.15, 0.2) is 0 Å². The van der Waals surface area contributed by atoms with Gasteiger partial charge in [0.15, 0.2) is 0 Å². The van der Waals surface area contributed by atoms with Crippen molar-refractivity contribution in [2.45, 2.75) is 25.8 Å². The summed E-state index contributed by atoms with van der Waals surface area (Å²) in [6, 6.07) is -0.328. The second kappa shape index (κ2) is 4.23. The molecule has 0 aromatic carbocycles. The summed E-state index contributed by atoms with van der Waals surface area (Å²) in [5.74, 6) is -0.148. The highest BCUT2D eigenvalue weighted by Crippen LogP contribution is 2.11. The second-order valence-corrected chi connectivity index (χ2v) is 3.06. The first-order valence-electron chi connectivity index (χ1n) is 4.50. The highest BCUT2D eigenvalue weighted by molar-refractivity contribution is 6.02. The van der Waals surface area contributed by atoms with Gasteiger partial charge in [0.25, 0.3) is 0 Å². The number of nitrogens with zero attached hydrogens (tertiary/aromatic N) is 1. The highest BCUT2D eigenvalue weighted by atomic mass is 16.2. The zero-order valence-corrected chi connectivity index (χ0v) is 7.75. The summed E-state index contributed by atoms with van der Waals surface area (Å²) >= 11 is 0. The van der Waals surface area contributed by atoms with E-state index >= 15 is 0 Å². The minimum Gasteiger partial charge on any atom is -0.330 e. The van der Waals surface area contributed by atoms with E-state index in [4.69, 9.17) is 5.73 Å². The third-order valence-electron chi connectivity index (χ3n) is 2.21. The van der Waals surface area contributed by atoms with Crippen molar-refractivity contribution in [1.82, 2.24) is 10.2 Å². The maximum Gasteiger partial charge on any atom is 0.324 e. The summed E-state index contributed by atoms with van der Waals surface area (Å²) in [6.07, 6.45) is 1.44. The smallest absolute Gasteiger partial charge is 0.324 e. The Morgan fingerprint density at radius 1 is 1.62 bits per heavy atom. The fourth-order valence-electron chi connectivity index (χ4n) is 1.51. The molecule has 0 spiro atoms. The molecular formula is C8H15N3O2. The van der Waals surface area contributed by atoms with E-state index in [1.807, 2.05) is 6.92 Å². The van der Waals surface area contributed by atoms with Crippen molar-refractivity contribution in [1.29, 1.82) is 0 Å². The molecule has 5 nitrogen and oxygen atoms in total. The fraction of sp³-hybridized carbons (Fsp3) is 0.750. The third-order valence-corrected chi connectivity index (χ3v) is 2.21. The summed E-state index contributed by atoms with van der Waals surface area (Å²) in [5.41, 5.74) is 5.39. The molecule has 0 bridgehead atoms. The molecule has 5 heteroatoms. The molecule has 1 heterocycles. The minimum atomic E-state index is -0.287. The van der Waals surface area contributed by atoms with Gasteiger partial charge in [0.2, 0.25) is 5.91 Å². The van der Waals surface area contributed by atoms with Crippen molar-refractivity contribution in [2.75, 3.05) is 13.1 Å². The van der Waals surface area contributed by atoms with Gasteiger partial charge < -0.3 is 11.1 Å². The lowest BCUT2D eigenvalue weighted by Gasteiger charge is -2.23. The number of hydrogen-bond donors (Lipinski definition) is 2. The predicted octanol–water partition coefficient (Wildman–Crippen LogP) is -0.334. The van der Waals surface area contributed by atoms with E-state index in [1.54, 1.807) is 0 Å². The lowest BCUT2D eigenvalue weighted by molar-refractivity contribution is -0.126. The van der Waals surface area contributed by atoms with E-state index in [0.29, 0.717) is 13.0 Å². The topological polar surface area (TPSA) is 75.4 Å². The fourth-order valence-corrected chi connectivity index (χ4v) is 1.51. The van der Waals surface area contributed by atoms with Crippen molar-refractivity contribution in [2.24, 2.45) is 5.73 Å². The lowest BCUT2D eigenvalue weighted by atomic mass is 10.1. The molecule has 3 N–H and O–H groups in total. The van der Waals surface area contributed by atoms with E-state index in [0.717, 1.165) is 6.42 Å². The second-order valence-electron chi connectivity index (χ2n) is 3.06. The SMILES string of the molecule is CCC(CCN)N1C(=O)CNC1=O. The standard InChI is InChI=1S/C8H15N3O2/c1-2-6(3-4-9)11-7(12)5-10-8(11)13/h6H,2-5,9H2,1H3,(H,10,13). The van der Waals surface area contributed by atoms with E-state index in [1.165, 1.54) is 4.90 Å². The van der Waals surface area contributed by atoms with Crippen molar-refractivity contribution < 1.29 is 9.59 Å². The van der Waals surface area contributed by atoms with E-state index in [2.05, 4.69) is 5.32 Å². The van der Waals surface area contributed by atoms with Crippen LogP contribution in [0.5, 0.6) is 0 Å². The van der Waals surface area contributed by atoms with Gasteiger partial charge >= 0.3 is 6.03 Å². The number of hydrogen-bond acceptors (Lipinski definition) is 3. The first-order valence-corrected chi connectivity index (χ1v) is 4.50. The quantitative estimate of drug-likeness (QED) is 0.589. The maximum atomic E-state index is 11.3. The van der Waals surface area contributed by atoms with Crippen LogP contribution in [0.4, 0.5) is 4.79 Å². The van der Waals surface area contributed by atoms with Gasteiger partial charge in [-0.05, 0) is 19.4 Å². The van der Waals surface area contributed by atoms with Crippen LogP contribution in [0.3, 0.4) is 0 Å². The summed E-state index contributed by atoms with van der Waals surface area (Å²) in [4.78, 5) is 23.8. The Morgan fingerprint density at radius 3 is 2.69 bits per heavy atom. The van der Waals surface area contributed by atoms with Crippen LogP contribution in [-0.4, -0.2) is 36.0 Å².